The number of nitrogens with zero attached hydrogens (tertiary/aromatic N) is 4. The Labute approximate surface area is 179 Å². The lowest BCUT2D eigenvalue weighted by Crippen LogP contribution is -2.62. The van der Waals surface area contributed by atoms with Crippen LogP contribution < -0.4 is 10.2 Å². The van der Waals surface area contributed by atoms with Crippen molar-refractivity contribution >= 4 is 5.82 Å². The van der Waals surface area contributed by atoms with E-state index in [1.807, 2.05) is 12.4 Å². The van der Waals surface area contributed by atoms with Crippen molar-refractivity contribution in [3.63, 3.8) is 0 Å². The summed E-state index contributed by atoms with van der Waals surface area (Å²) in [6, 6.07) is 11.0. The zero-order valence-electron chi connectivity index (χ0n) is 18.8. The molecule has 158 valence electrons. The third-order valence-electron chi connectivity index (χ3n) is 6.06. The zero-order chi connectivity index (χ0) is 21.5. The van der Waals surface area contributed by atoms with Gasteiger partial charge in [-0.1, -0.05) is 18.2 Å². The van der Waals surface area contributed by atoms with Crippen LogP contribution in [0.15, 0.2) is 42.7 Å². The lowest BCUT2D eigenvalue weighted by atomic mass is 9.79. The van der Waals surface area contributed by atoms with Crippen molar-refractivity contribution in [2.45, 2.75) is 64.6 Å². The van der Waals surface area contributed by atoms with Crippen LogP contribution in [0.1, 0.15) is 46.1 Å². The van der Waals surface area contributed by atoms with Gasteiger partial charge in [-0.05, 0) is 70.7 Å². The molecule has 0 radical (unpaired) electrons. The van der Waals surface area contributed by atoms with Gasteiger partial charge in [0.05, 0.1) is 11.9 Å². The molecule has 0 atom stereocenters. The minimum atomic E-state index is 0.0991. The summed E-state index contributed by atoms with van der Waals surface area (Å²) in [5.41, 5.74) is 5.60. The monoisotopic (exact) mass is 404 g/mol. The third-order valence-corrected chi connectivity index (χ3v) is 6.06. The molecule has 1 fully saturated rings. The molecule has 0 amide bonds. The van der Waals surface area contributed by atoms with Crippen molar-refractivity contribution in [3.05, 3.63) is 48.3 Å². The van der Waals surface area contributed by atoms with Gasteiger partial charge in [-0.15, -0.1) is 10.2 Å². The second-order valence-corrected chi connectivity index (χ2v) is 9.86. The quantitative estimate of drug-likeness (QED) is 0.666. The van der Waals surface area contributed by atoms with Crippen LogP contribution in [0.5, 0.6) is 0 Å². The molecule has 3 heterocycles. The van der Waals surface area contributed by atoms with Gasteiger partial charge in [0, 0.05) is 41.5 Å². The summed E-state index contributed by atoms with van der Waals surface area (Å²) >= 11 is 0. The number of piperidine rings is 1. The van der Waals surface area contributed by atoms with E-state index in [-0.39, 0.29) is 11.1 Å². The van der Waals surface area contributed by atoms with Crippen LogP contribution >= 0.6 is 0 Å². The molecule has 1 aliphatic rings. The summed E-state index contributed by atoms with van der Waals surface area (Å²) in [5, 5.41) is 19.8. The van der Waals surface area contributed by atoms with Crippen molar-refractivity contribution in [1.82, 2.24) is 25.7 Å². The number of nitrogens with one attached hydrogen (secondary N) is 2. The fourth-order valence-electron chi connectivity index (χ4n) is 4.93. The van der Waals surface area contributed by atoms with Crippen LogP contribution in [-0.2, 0) is 0 Å². The van der Waals surface area contributed by atoms with Gasteiger partial charge in [0.2, 0.25) is 0 Å². The first-order valence-corrected chi connectivity index (χ1v) is 10.6. The summed E-state index contributed by atoms with van der Waals surface area (Å²) < 4.78 is 0. The first-order chi connectivity index (χ1) is 14.1. The van der Waals surface area contributed by atoms with E-state index in [9.17, 15) is 0 Å². The van der Waals surface area contributed by atoms with E-state index in [1.165, 1.54) is 5.56 Å². The molecule has 0 saturated carbocycles. The highest BCUT2D eigenvalue weighted by atomic mass is 15.3. The van der Waals surface area contributed by atoms with Crippen LogP contribution in [0.3, 0.4) is 0 Å². The van der Waals surface area contributed by atoms with E-state index >= 15 is 0 Å². The van der Waals surface area contributed by atoms with Gasteiger partial charge in [0.25, 0.3) is 0 Å². The molecule has 0 bridgehead atoms. The number of benzene rings is 1. The van der Waals surface area contributed by atoms with E-state index in [1.54, 1.807) is 0 Å². The predicted octanol–water partition coefficient (Wildman–Crippen LogP) is 4.59. The maximum atomic E-state index is 4.58. The molecule has 3 aromatic rings. The van der Waals surface area contributed by atoms with Crippen LogP contribution in [-0.4, -0.2) is 44.6 Å². The second kappa shape index (κ2) is 7.51. The standard InChI is InChI=1S/C24H32N6/c1-16-11-17(18-14-25-26-15-18)7-8-20(16)21-9-10-22(28-27-21)30(6)19-12-23(2,3)29-24(4,5)13-19/h7-11,14-15,19,29H,12-13H2,1-6H3,(H,25,26). The van der Waals surface area contributed by atoms with E-state index < -0.39 is 0 Å². The van der Waals surface area contributed by atoms with Gasteiger partial charge in [-0.3, -0.25) is 5.10 Å². The summed E-state index contributed by atoms with van der Waals surface area (Å²) in [6.45, 7) is 11.2. The third kappa shape index (κ3) is 4.24. The summed E-state index contributed by atoms with van der Waals surface area (Å²) in [4.78, 5) is 2.29. The maximum Gasteiger partial charge on any atom is 0.151 e. The number of aromatic amines is 1. The van der Waals surface area contributed by atoms with Gasteiger partial charge < -0.3 is 10.2 Å². The average Bonchev–Trinajstić information content (AvgIpc) is 3.20. The Morgan fingerprint density at radius 3 is 2.27 bits per heavy atom. The van der Waals surface area contributed by atoms with Crippen molar-refractivity contribution < 1.29 is 0 Å². The number of anilines is 1. The highest BCUT2D eigenvalue weighted by molar-refractivity contribution is 5.71. The Hall–Kier alpha value is -2.73. The fourth-order valence-corrected chi connectivity index (χ4v) is 4.93. The normalized spacial score (nSPS) is 18.3. The Morgan fingerprint density at radius 1 is 0.967 bits per heavy atom. The molecule has 2 N–H and O–H groups in total. The van der Waals surface area contributed by atoms with Gasteiger partial charge in [0.1, 0.15) is 0 Å². The lowest BCUT2D eigenvalue weighted by molar-refractivity contribution is 0.160. The van der Waals surface area contributed by atoms with E-state index in [0.717, 1.165) is 41.0 Å². The molecule has 2 aromatic heterocycles. The van der Waals surface area contributed by atoms with Crippen LogP contribution in [0.4, 0.5) is 5.82 Å². The Balaban J connectivity index is 1.54. The largest absolute Gasteiger partial charge is 0.355 e. The summed E-state index contributed by atoms with van der Waals surface area (Å²) in [6.07, 6.45) is 5.89. The molecule has 30 heavy (non-hydrogen) atoms. The zero-order valence-corrected chi connectivity index (χ0v) is 18.8. The number of hydrogen-bond acceptors (Lipinski definition) is 5. The fraction of sp³-hybridized carbons (Fsp3) is 0.458. The second-order valence-electron chi connectivity index (χ2n) is 9.86. The first-order valence-electron chi connectivity index (χ1n) is 10.6. The number of H-pyrrole nitrogens is 1. The van der Waals surface area contributed by atoms with Crippen LogP contribution in [0.25, 0.3) is 22.4 Å². The van der Waals surface area contributed by atoms with Crippen molar-refractivity contribution in [2.75, 3.05) is 11.9 Å². The Morgan fingerprint density at radius 2 is 1.70 bits per heavy atom. The smallest absolute Gasteiger partial charge is 0.151 e. The van der Waals surface area contributed by atoms with Crippen molar-refractivity contribution in [2.24, 2.45) is 0 Å². The number of aromatic nitrogens is 4. The number of rotatable bonds is 4. The Bertz CT molecular complexity index is 989. The van der Waals surface area contributed by atoms with Gasteiger partial charge in [-0.25, -0.2) is 0 Å². The summed E-state index contributed by atoms with van der Waals surface area (Å²) in [7, 11) is 2.14. The van der Waals surface area contributed by atoms with E-state index in [4.69, 9.17) is 0 Å². The molecule has 1 aliphatic heterocycles. The average molecular weight is 405 g/mol. The summed E-state index contributed by atoms with van der Waals surface area (Å²) in [5.74, 6) is 0.921. The molecular weight excluding hydrogens is 372 g/mol. The molecule has 0 spiro atoms. The molecule has 1 saturated heterocycles. The maximum absolute atomic E-state index is 4.58. The molecule has 4 rings (SSSR count). The molecule has 6 nitrogen and oxygen atoms in total. The van der Waals surface area contributed by atoms with Gasteiger partial charge in [-0.2, -0.15) is 5.10 Å². The minimum absolute atomic E-state index is 0.0991. The molecule has 0 unspecified atom stereocenters. The van der Waals surface area contributed by atoms with Crippen LogP contribution in [0.2, 0.25) is 0 Å². The van der Waals surface area contributed by atoms with Crippen LogP contribution in [0, 0.1) is 6.92 Å². The predicted molar refractivity (Wildman–Crippen MR) is 123 cm³/mol. The Kier molecular flexibility index (Phi) is 5.14. The molecule has 1 aromatic carbocycles. The number of aryl methyl sites for hydroxylation is 1. The highest BCUT2D eigenvalue weighted by Gasteiger charge is 2.39. The van der Waals surface area contributed by atoms with Crippen molar-refractivity contribution in [3.8, 4) is 22.4 Å². The van der Waals surface area contributed by atoms with E-state index in [0.29, 0.717) is 6.04 Å². The first kappa shape index (κ1) is 20.5. The molecule has 0 aliphatic carbocycles. The lowest BCUT2D eigenvalue weighted by Gasteiger charge is -2.49. The topological polar surface area (TPSA) is 69.7 Å². The van der Waals surface area contributed by atoms with Gasteiger partial charge >= 0.3 is 0 Å². The van der Waals surface area contributed by atoms with Gasteiger partial charge in [0.15, 0.2) is 5.82 Å². The van der Waals surface area contributed by atoms with Crippen molar-refractivity contribution in [1.29, 1.82) is 0 Å². The highest BCUT2D eigenvalue weighted by Crippen LogP contribution is 2.33. The SMILES string of the molecule is Cc1cc(-c2cn[nH]c2)ccc1-c1ccc(N(C)C2CC(C)(C)NC(C)(C)C2)nn1. The molecule has 6 heteroatoms. The number of hydrogen-bond donors (Lipinski definition) is 2. The minimum Gasteiger partial charge on any atom is -0.355 e. The molecular formula is C24H32N6. The van der Waals surface area contributed by atoms with E-state index in [2.05, 4.69) is 103 Å².